The smallest absolute Gasteiger partial charge is 0.416 e. The Morgan fingerprint density at radius 1 is 1.15 bits per heavy atom. The van der Waals surface area contributed by atoms with E-state index in [1.807, 2.05) is 66.7 Å². The second kappa shape index (κ2) is 8.48. The molecular formula is C22H23NO3. The number of nitrogens with zero attached hydrogens (tertiary/aromatic N) is 1. The van der Waals surface area contributed by atoms with Gasteiger partial charge in [-0.2, -0.15) is 0 Å². The van der Waals surface area contributed by atoms with Crippen LogP contribution >= 0.6 is 0 Å². The van der Waals surface area contributed by atoms with E-state index in [2.05, 4.69) is 6.58 Å². The van der Waals surface area contributed by atoms with Crippen molar-refractivity contribution in [3.8, 4) is 0 Å². The van der Waals surface area contributed by atoms with E-state index < -0.39 is 6.09 Å². The van der Waals surface area contributed by atoms with E-state index in [-0.39, 0.29) is 30.9 Å². The van der Waals surface area contributed by atoms with E-state index in [1.165, 1.54) is 4.90 Å². The predicted molar refractivity (Wildman–Crippen MR) is 101 cm³/mol. The first-order valence-corrected chi connectivity index (χ1v) is 8.87. The first kappa shape index (κ1) is 17.9. The van der Waals surface area contributed by atoms with Crippen LogP contribution in [0.25, 0.3) is 0 Å². The molecule has 0 spiro atoms. The van der Waals surface area contributed by atoms with Crippen LogP contribution in [-0.2, 0) is 16.0 Å². The molecule has 0 aromatic heterocycles. The number of benzene rings is 2. The monoisotopic (exact) mass is 349 g/mol. The lowest BCUT2D eigenvalue weighted by Gasteiger charge is -2.22. The maximum Gasteiger partial charge on any atom is 0.416 e. The fourth-order valence-electron chi connectivity index (χ4n) is 3.38. The Kier molecular flexibility index (Phi) is 5.84. The van der Waals surface area contributed by atoms with Crippen LogP contribution in [0.5, 0.6) is 0 Å². The van der Waals surface area contributed by atoms with E-state index >= 15 is 0 Å². The quantitative estimate of drug-likeness (QED) is 0.699. The van der Waals surface area contributed by atoms with Gasteiger partial charge in [0, 0.05) is 6.42 Å². The number of ether oxygens (including phenoxy) is 1. The molecule has 2 aromatic carbocycles. The number of hydrogen-bond donors (Lipinski definition) is 0. The molecule has 0 N–H and O–H groups in total. The molecule has 4 heteroatoms. The van der Waals surface area contributed by atoms with Gasteiger partial charge in [-0.25, -0.2) is 9.69 Å². The maximum atomic E-state index is 12.9. The molecule has 0 aliphatic carbocycles. The molecule has 0 unspecified atom stereocenters. The molecule has 1 aliphatic rings. The average Bonchev–Trinajstić information content (AvgIpc) is 3.03. The van der Waals surface area contributed by atoms with Gasteiger partial charge in [0.15, 0.2) is 0 Å². The molecule has 2 amide bonds. The highest BCUT2D eigenvalue weighted by molar-refractivity contribution is 5.94. The number of allylic oxidation sites excluding steroid dienone is 1. The Balaban J connectivity index is 1.73. The summed E-state index contributed by atoms with van der Waals surface area (Å²) in [6.07, 6.45) is 2.82. The minimum atomic E-state index is -0.540. The normalized spacial score (nSPS) is 17.6. The number of carbonyl (C=O) groups excluding carboxylic acids is 2. The molecule has 2 atom stereocenters. The van der Waals surface area contributed by atoms with E-state index in [0.29, 0.717) is 12.8 Å². The topological polar surface area (TPSA) is 46.6 Å². The van der Waals surface area contributed by atoms with Crippen LogP contribution in [0.1, 0.15) is 29.9 Å². The lowest BCUT2D eigenvalue weighted by Crippen LogP contribution is -2.40. The number of hydrogen-bond acceptors (Lipinski definition) is 3. The van der Waals surface area contributed by atoms with Crippen molar-refractivity contribution in [2.24, 2.45) is 0 Å². The van der Waals surface area contributed by atoms with E-state index in [9.17, 15) is 9.59 Å². The summed E-state index contributed by atoms with van der Waals surface area (Å²) in [5.41, 5.74) is 2.16. The van der Waals surface area contributed by atoms with Gasteiger partial charge in [-0.15, -0.1) is 6.58 Å². The summed E-state index contributed by atoms with van der Waals surface area (Å²) in [5, 5.41) is 0. The first-order valence-electron chi connectivity index (χ1n) is 8.87. The number of imide groups is 1. The summed E-state index contributed by atoms with van der Waals surface area (Å²) in [4.78, 5) is 26.4. The van der Waals surface area contributed by atoms with Crippen molar-refractivity contribution in [2.45, 2.75) is 31.2 Å². The highest BCUT2D eigenvalue weighted by Crippen LogP contribution is 2.27. The molecular weight excluding hydrogens is 326 g/mol. The van der Waals surface area contributed by atoms with Crippen LogP contribution in [0.4, 0.5) is 4.79 Å². The zero-order chi connectivity index (χ0) is 18.4. The average molecular weight is 349 g/mol. The van der Waals surface area contributed by atoms with Crippen LogP contribution in [-0.4, -0.2) is 29.5 Å². The summed E-state index contributed by atoms with van der Waals surface area (Å²) >= 11 is 0. The van der Waals surface area contributed by atoms with Crippen LogP contribution in [0.3, 0.4) is 0 Å². The van der Waals surface area contributed by atoms with Crippen molar-refractivity contribution in [3.63, 3.8) is 0 Å². The third kappa shape index (κ3) is 4.20. The van der Waals surface area contributed by atoms with Gasteiger partial charge >= 0.3 is 6.09 Å². The second-order valence-electron chi connectivity index (χ2n) is 6.52. The Labute approximate surface area is 154 Å². The Morgan fingerprint density at radius 3 is 2.46 bits per heavy atom. The maximum absolute atomic E-state index is 12.9. The molecule has 0 radical (unpaired) electrons. The zero-order valence-electron chi connectivity index (χ0n) is 14.7. The van der Waals surface area contributed by atoms with Crippen LogP contribution in [0, 0.1) is 0 Å². The van der Waals surface area contributed by atoms with Gasteiger partial charge < -0.3 is 4.74 Å². The van der Waals surface area contributed by atoms with Gasteiger partial charge in [0.05, 0.1) is 6.04 Å². The van der Waals surface area contributed by atoms with Crippen LogP contribution in [0.2, 0.25) is 0 Å². The zero-order valence-corrected chi connectivity index (χ0v) is 14.7. The summed E-state index contributed by atoms with van der Waals surface area (Å²) in [5.74, 6) is -0.184. The predicted octanol–water partition coefficient (Wildman–Crippen LogP) is 4.33. The molecule has 4 nitrogen and oxygen atoms in total. The molecule has 1 saturated heterocycles. The number of amides is 2. The van der Waals surface area contributed by atoms with Gasteiger partial charge in [-0.3, -0.25) is 4.79 Å². The largest absolute Gasteiger partial charge is 0.447 e. The SMILES string of the molecule is C=CC[C@H](CC(=O)N1C(=O)OC[C@@H]1Cc1ccccc1)c1ccccc1. The molecule has 0 saturated carbocycles. The van der Waals surface area contributed by atoms with Gasteiger partial charge in [0.2, 0.25) is 5.91 Å². The summed E-state index contributed by atoms with van der Waals surface area (Å²) in [6.45, 7) is 4.05. The second-order valence-corrected chi connectivity index (χ2v) is 6.52. The summed E-state index contributed by atoms with van der Waals surface area (Å²) in [6, 6.07) is 19.5. The molecule has 134 valence electrons. The van der Waals surface area contributed by atoms with Crippen molar-refractivity contribution >= 4 is 12.0 Å². The third-order valence-corrected chi connectivity index (χ3v) is 4.69. The van der Waals surface area contributed by atoms with Crippen molar-refractivity contribution in [2.75, 3.05) is 6.61 Å². The Morgan fingerprint density at radius 2 is 1.81 bits per heavy atom. The Bertz CT molecular complexity index is 757. The fourth-order valence-corrected chi connectivity index (χ4v) is 3.38. The lowest BCUT2D eigenvalue weighted by atomic mass is 9.91. The first-order chi connectivity index (χ1) is 12.7. The van der Waals surface area contributed by atoms with Crippen LogP contribution < -0.4 is 0 Å². The Hall–Kier alpha value is -2.88. The highest BCUT2D eigenvalue weighted by atomic mass is 16.6. The summed E-state index contributed by atoms with van der Waals surface area (Å²) < 4.78 is 5.16. The fraction of sp³-hybridized carbons (Fsp3) is 0.273. The molecule has 3 rings (SSSR count). The summed E-state index contributed by atoms with van der Waals surface area (Å²) in [7, 11) is 0. The number of carbonyl (C=O) groups is 2. The number of rotatable bonds is 7. The van der Waals surface area contributed by atoms with Gasteiger partial charge in [-0.05, 0) is 29.9 Å². The molecule has 1 aliphatic heterocycles. The molecule has 1 fully saturated rings. The van der Waals surface area contributed by atoms with E-state index in [1.54, 1.807) is 0 Å². The van der Waals surface area contributed by atoms with Crippen molar-refractivity contribution in [1.29, 1.82) is 0 Å². The van der Waals surface area contributed by atoms with Crippen LogP contribution in [0.15, 0.2) is 73.3 Å². The standard InChI is InChI=1S/C22H23NO3/c1-2-9-19(18-12-7-4-8-13-18)15-21(24)23-20(16-26-22(23)25)14-17-10-5-3-6-11-17/h2-8,10-13,19-20H,1,9,14-16H2/t19-,20+/m1/s1. The minimum absolute atomic E-state index is 0.00646. The van der Waals surface area contributed by atoms with E-state index in [4.69, 9.17) is 4.74 Å². The van der Waals surface area contributed by atoms with Crippen molar-refractivity contribution < 1.29 is 14.3 Å². The molecule has 1 heterocycles. The molecule has 26 heavy (non-hydrogen) atoms. The van der Waals surface area contributed by atoms with E-state index in [0.717, 1.165) is 11.1 Å². The van der Waals surface area contributed by atoms with Gasteiger partial charge in [-0.1, -0.05) is 66.7 Å². The molecule has 0 bridgehead atoms. The van der Waals surface area contributed by atoms with Crippen molar-refractivity contribution in [3.05, 3.63) is 84.4 Å². The van der Waals surface area contributed by atoms with Gasteiger partial charge in [0.1, 0.15) is 6.61 Å². The minimum Gasteiger partial charge on any atom is -0.447 e. The lowest BCUT2D eigenvalue weighted by molar-refractivity contribution is -0.129. The third-order valence-electron chi connectivity index (χ3n) is 4.69. The van der Waals surface area contributed by atoms with Gasteiger partial charge in [0.25, 0.3) is 0 Å². The number of cyclic esters (lactones) is 1. The highest BCUT2D eigenvalue weighted by Gasteiger charge is 2.38. The molecule has 2 aromatic rings. The van der Waals surface area contributed by atoms with Crippen molar-refractivity contribution in [1.82, 2.24) is 4.90 Å².